The molecule has 0 radical (unpaired) electrons. The van der Waals surface area contributed by atoms with Gasteiger partial charge in [0.25, 0.3) is 0 Å². The van der Waals surface area contributed by atoms with Gasteiger partial charge in [-0.2, -0.15) is 0 Å². The summed E-state index contributed by atoms with van der Waals surface area (Å²) in [6, 6.07) is 15.3. The Morgan fingerprint density at radius 1 is 1.04 bits per heavy atom. The van der Waals surface area contributed by atoms with Crippen molar-refractivity contribution in [3.63, 3.8) is 0 Å². The molecular weight excluding hydrogens is 358 g/mol. The van der Waals surface area contributed by atoms with E-state index < -0.39 is 11.6 Å². The van der Waals surface area contributed by atoms with Crippen LogP contribution in [0.5, 0.6) is 5.75 Å². The average molecular weight is 376 g/mol. The van der Waals surface area contributed by atoms with E-state index in [1.54, 1.807) is 12.1 Å². The number of fused-ring (bicyclic) bond motifs is 1. The Morgan fingerprint density at radius 2 is 1.75 bits per heavy atom. The van der Waals surface area contributed by atoms with Crippen LogP contribution in [0.4, 0.5) is 8.78 Å². The summed E-state index contributed by atoms with van der Waals surface area (Å²) in [6.45, 7) is 5.48. The van der Waals surface area contributed by atoms with Gasteiger partial charge in [0, 0.05) is 11.8 Å². The Morgan fingerprint density at radius 3 is 2.43 bits per heavy atom. The second-order valence-corrected chi connectivity index (χ2v) is 6.43. The van der Waals surface area contributed by atoms with E-state index in [-0.39, 0.29) is 12.2 Å². The fraction of sp³-hybridized carbons (Fsp3) is 0.0870. The van der Waals surface area contributed by atoms with Crippen LogP contribution in [0.2, 0.25) is 0 Å². The summed E-state index contributed by atoms with van der Waals surface area (Å²) in [5.41, 5.74) is 4.30. The number of halogens is 2. The molecular formula is C23H18F2N2O. The summed E-state index contributed by atoms with van der Waals surface area (Å²) in [5, 5.41) is 0. The molecule has 28 heavy (non-hydrogen) atoms. The first-order valence-electron chi connectivity index (χ1n) is 8.84. The zero-order valence-corrected chi connectivity index (χ0v) is 15.3. The van der Waals surface area contributed by atoms with Crippen LogP contribution < -0.4 is 4.74 Å². The zero-order valence-electron chi connectivity index (χ0n) is 15.3. The van der Waals surface area contributed by atoms with Crippen LogP contribution in [0, 0.1) is 18.6 Å². The molecule has 5 heteroatoms. The second kappa shape index (κ2) is 7.27. The molecule has 0 atom stereocenters. The molecule has 0 aliphatic rings. The van der Waals surface area contributed by atoms with Gasteiger partial charge in [0.15, 0.2) is 11.4 Å². The average Bonchev–Trinajstić information content (AvgIpc) is 3.04. The van der Waals surface area contributed by atoms with E-state index in [9.17, 15) is 8.78 Å². The molecule has 0 spiro atoms. The molecule has 0 N–H and O–H groups in total. The molecule has 140 valence electrons. The Balaban J connectivity index is 1.72. The predicted octanol–water partition coefficient (Wildman–Crippen LogP) is 5.81. The third-order valence-electron chi connectivity index (χ3n) is 4.64. The molecule has 2 aromatic carbocycles. The molecule has 0 bridgehead atoms. The smallest absolute Gasteiger partial charge is 0.180 e. The summed E-state index contributed by atoms with van der Waals surface area (Å²) in [7, 11) is 0. The van der Waals surface area contributed by atoms with Crippen molar-refractivity contribution in [3.8, 4) is 17.0 Å². The highest BCUT2D eigenvalue weighted by Crippen LogP contribution is 2.30. The lowest BCUT2D eigenvalue weighted by molar-refractivity contribution is 0.294. The third kappa shape index (κ3) is 3.16. The normalized spacial score (nSPS) is 11.0. The molecule has 0 saturated heterocycles. The molecule has 2 aromatic heterocycles. The van der Waals surface area contributed by atoms with E-state index >= 15 is 0 Å². The summed E-state index contributed by atoms with van der Waals surface area (Å²) in [4.78, 5) is 4.62. The molecule has 0 aliphatic carbocycles. The van der Waals surface area contributed by atoms with Crippen molar-refractivity contribution < 1.29 is 13.5 Å². The predicted molar refractivity (Wildman–Crippen MR) is 106 cm³/mol. The quantitative estimate of drug-likeness (QED) is 0.439. The van der Waals surface area contributed by atoms with Gasteiger partial charge in [0.2, 0.25) is 0 Å². The molecule has 0 fully saturated rings. The maximum absolute atomic E-state index is 13.9. The van der Waals surface area contributed by atoms with Gasteiger partial charge >= 0.3 is 0 Å². The van der Waals surface area contributed by atoms with Crippen molar-refractivity contribution in [1.29, 1.82) is 0 Å². The SMILES string of the molecule is C=Cc1ccc(-c2c(C)nc3c(OCc4c(F)cccc4F)cccn23)cc1. The van der Waals surface area contributed by atoms with Crippen LogP contribution in [0.15, 0.2) is 67.4 Å². The minimum atomic E-state index is -0.630. The minimum Gasteiger partial charge on any atom is -0.485 e. The van der Waals surface area contributed by atoms with Gasteiger partial charge in [-0.3, -0.25) is 4.40 Å². The molecule has 0 saturated carbocycles. The van der Waals surface area contributed by atoms with E-state index in [4.69, 9.17) is 4.74 Å². The first-order chi connectivity index (χ1) is 13.6. The number of hydrogen-bond acceptors (Lipinski definition) is 2. The fourth-order valence-electron chi connectivity index (χ4n) is 3.21. The lowest BCUT2D eigenvalue weighted by atomic mass is 10.1. The Bertz CT molecular complexity index is 1140. The minimum absolute atomic E-state index is 0.104. The number of benzene rings is 2. The summed E-state index contributed by atoms with van der Waals surface area (Å²) in [6.07, 6.45) is 3.68. The lowest BCUT2D eigenvalue weighted by Gasteiger charge is -2.10. The molecule has 4 rings (SSSR count). The fourth-order valence-corrected chi connectivity index (χ4v) is 3.21. The first-order valence-corrected chi connectivity index (χ1v) is 8.84. The number of aryl methyl sites for hydroxylation is 1. The summed E-state index contributed by atoms with van der Waals surface area (Å²) >= 11 is 0. The van der Waals surface area contributed by atoms with E-state index in [2.05, 4.69) is 11.6 Å². The van der Waals surface area contributed by atoms with E-state index in [0.29, 0.717) is 11.4 Å². The molecule has 0 aliphatic heterocycles. The van der Waals surface area contributed by atoms with Gasteiger partial charge < -0.3 is 4.74 Å². The Kier molecular flexibility index (Phi) is 4.65. The third-order valence-corrected chi connectivity index (χ3v) is 4.64. The Labute approximate surface area is 161 Å². The van der Waals surface area contributed by atoms with Crippen LogP contribution >= 0.6 is 0 Å². The van der Waals surface area contributed by atoms with Gasteiger partial charge in [0.05, 0.1) is 17.0 Å². The number of nitrogens with zero attached hydrogens (tertiary/aromatic N) is 2. The topological polar surface area (TPSA) is 26.5 Å². The molecule has 4 aromatic rings. The van der Waals surface area contributed by atoms with Gasteiger partial charge in [0.1, 0.15) is 18.2 Å². The van der Waals surface area contributed by atoms with Crippen molar-refractivity contribution >= 4 is 11.7 Å². The number of ether oxygens (including phenoxy) is 1. The maximum atomic E-state index is 13.9. The van der Waals surface area contributed by atoms with Crippen molar-refractivity contribution in [3.05, 3.63) is 95.8 Å². The van der Waals surface area contributed by atoms with Gasteiger partial charge in [-0.15, -0.1) is 0 Å². The molecule has 0 amide bonds. The highest BCUT2D eigenvalue weighted by atomic mass is 19.1. The lowest BCUT2D eigenvalue weighted by Crippen LogP contribution is -2.03. The Hall–Kier alpha value is -3.47. The second-order valence-electron chi connectivity index (χ2n) is 6.43. The van der Waals surface area contributed by atoms with Crippen LogP contribution in [0.25, 0.3) is 23.0 Å². The van der Waals surface area contributed by atoms with Crippen LogP contribution in [-0.2, 0) is 6.61 Å². The highest BCUT2D eigenvalue weighted by molar-refractivity contribution is 5.71. The van der Waals surface area contributed by atoms with Crippen LogP contribution in [0.3, 0.4) is 0 Å². The maximum Gasteiger partial charge on any atom is 0.180 e. The van der Waals surface area contributed by atoms with E-state index in [1.165, 1.54) is 18.2 Å². The van der Waals surface area contributed by atoms with Crippen molar-refractivity contribution in [1.82, 2.24) is 9.38 Å². The van der Waals surface area contributed by atoms with Gasteiger partial charge in [-0.05, 0) is 36.8 Å². The monoisotopic (exact) mass is 376 g/mol. The van der Waals surface area contributed by atoms with Crippen LogP contribution in [0.1, 0.15) is 16.8 Å². The molecule has 2 heterocycles. The first kappa shape index (κ1) is 17.9. The highest BCUT2D eigenvalue weighted by Gasteiger charge is 2.15. The number of imidazole rings is 1. The van der Waals surface area contributed by atoms with Crippen LogP contribution in [-0.4, -0.2) is 9.38 Å². The van der Waals surface area contributed by atoms with Gasteiger partial charge in [-0.1, -0.05) is 43.0 Å². The van der Waals surface area contributed by atoms with E-state index in [1.807, 2.05) is 47.9 Å². The van der Waals surface area contributed by atoms with Crippen molar-refractivity contribution in [2.24, 2.45) is 0 Å². The molecule has 3 nitrogen and oxygen atoms in total. The van der Waals surface area contributed by atoms with E-state index in [0.717, 1.165) is 22.5 Å². The summed E-state index contributed by atoms with van der Waals surface area (Å²) in [5.74, 6) is -0.800. The largest absolute Gasteiger partial charge is 0.485 e. The van der Waals surface area contributed by atoms with Crippen molar-refractivity contribution in [2.75, 3.05) is 0 Å². The summed E-state index contributed by atoms with van der Waals surface area (Å²) < 4.78 is 35.4. The number of rotatable bonds is 5. The standard InChI is InChI=1S/C23H18F2N2O/c1-3-16-9-11-17(12-10-16)22-15(2)26-23-21(8-5-13-27(22)23)28-14-18-19(24)6-4-7-20(18)25/h3-13H,1,14H2,2H3. The molecule has 0 unspecified atom stereocenters. The van der Waals surface area contributed by atoms with Crippen molar-refractivity contribution in [2.45, 2.75) is 13.5 Å². The number of hydrogen-bond donors (Lipinski definition) is 0. The van der Waals surface area contributed by atoms with Gasteiger partial charge in [-0.25, -0.2) is 13.8 Å². The number of aromatic nitrogens is 2. The number of pyridine rings is 1. The zero-order chi connectivity index (χ0) is 19.7.